The molecule has 1 aromatic heterocycles. The van der Waals surface area contributed by atoms with Crippen molar-refractivity contribution in [3.05, 3.63) is 46.3 Å². The standard InChI is InChI=1S/C18H17N3O5/c1-8(2)25-18(23)13-9(3)19-12-7-24-17(22)15(12)14(13)10-5-4-6-11-16(10)21-26-20-11/h4-6,8,14,19H,7H2,1-3H3/t14-/m0/s1. The molecule has 1 N–H and O–H groups in total. The van der Waals surface area contributed by atoms with E-state index in [1.807, 2.05) is 0 Å². The summed E-state index contributed by atoms with van der Waals surface area (Å²) in [6.07, 6.45) is -0.293. The number of nitrogens with zero attached hydrogens (tertiary/aromatic N) is 2. The maximum atomic E-state index is 12.8. The molecule has 2 aliphatic heterocycles. The van der Waals surface area contributed by atoms with Gasteiger partial charge in [-0.05, 0) is 42.7 Å². The summed E-state index contributed by atoms with van der Waals surface area (Å²) in [5, 5.41) is 10.9. The van der Waals surface area contributed by atoms with Gasteiger partial charge in [-0.3, -0.25) is 0 Å². The van der Waals surface area contributed by atoms with E-state index in [4.69, 9.17) is 14.1 Å². The van der Waals surface area contributed by atoms with Gasteiger partial charge in [0, 0.05) is 5.70 Å². The highest BCUT2D eigenvalue weighted by Crippen LogP contribution is 2.43. The molecule has 134 valence electrons. The predicted molar refractivity (Wildman–Crippen MR) is 89.6 cm³/mol. The van der Waals surface area contributed by atoms with Crippen LogP contribution in [0.3, 0.4) is 0 Å². The van der Waals surface area contributed by atoms with Crippen LogP contribution in [0.1, 0.15) is 32.3 Å². The number of hydrogen-bond acceptors (Lipinski definition) is 8. The van der Waals surface area contributed by atoms with Crippen LogP contribution in [0, 0.1) is 0 Å². The second kappa shape index (κ2) is 5.98. The Morgan fingerprint density at radius 1 is 1.35 bits per heavy atom. The Balaban J connectivity index is 1.93. The van der Waals surface area contributed by atoms with Crippen molar-refractivity contribution in [3.8, 4) is 0 Å². The number of allylic oxidation sites excluding steroid dienone is 1. The van der Waals surface area contributed by atoms with Crippen molar-refractivity contribution < 1.29 is 23.7 Å². The first-order valence-electron chi connectivity index (χ1n) is 8.27. The molecule has 8 nitrogen and oxygen atoms in total. The molecule has 2 aliphatic rings. The highest BCUT2D eigenvalue weighted by molar-refractivity contribution is 6.02. The Morgan fingerprint density at radius 3 is 2.92 bits per heavy atom. The summed E-state index contributed by atoms with van der Waals surface area (Å²) < 4.78 is 15.4. The summed E-state index contributed by atoms with van der Waals surface area (Å²) in [7, 11) is 0. The number of dihydropyridines is 1. The van der Waals surface area contributed by atoms with Gasteiger partial charge in [0.2, 0.25) is 0 Å². The molecule has 26 heavy (non-hydrogen) atoms. The third-order valence-electron chi connectivity index (χ3n) is 4.40. The molecule has 1 aromatic carbocycles. The number of hydrogen-bond donors (Lipinski definition) is 1. The largest absolute Gasteiger partial charge is 0.460 e. The molecule has 4 rings (SSSR count). The number of ether oxygens (including phenoxy) is 2. The molecule has 0 unspecified atom stereocenters. The van der Waals surface area contributed by atoms with Crippen LogP contribution >= 0.6 is 0 Å². The van der Waals surface area contributed by atoms with Crippen molar-refractivity contribution in [2.75, 3.05) is 6.61 Å². The van der Waals surface area contributed by atoms with Gasteiger partial charge in [0.05, 0.1) is 28.9 Å². The van der Waals surface area contributed by atoms with Gasteiger partial charge in [-0.2, -0.15) is 0 Å². The van der Waals surface area contributed by atoms with Gasteiger partial charge in [-0.15, -0.1) is 0 Å². The lowest BCUT2D eigenvalue weighted by molar-refractivity contribution is -0.143. The molecule has 0 saturated carbocycles. The van der Waals surface area contributed by atoms with Crippen molar-refractivity contribution in [1.82, 2.24) is 15.6 Å². The SMILES string of the molecule is CC1=C(C(=O)OC(C)C)[C@H](c2cccc3nonc23)C2=C(COC2=O)N1. The van der Waals surface area contributed by atoms with E-state index in [0.717, 1.165) is 0 Å². The smallest absolute Gasteiger partial charge is 0.337 e. The molecular formula is C18H17N3O5. The Hall–Kier alpha value is -3.16. The predicted octanol–water partition coefficient (Wildman–Crippen LogP) is 1.95. The lowest BCUT2D eigenvalue weighted by Gasteiger charge is -2.28. The van der Waals surface area contributed by atoms with E-state index in [1.165, 1.54) is 0 Å². The quantitative estimate of drug-likeness (QED) is 0.833. The summed E-state index contributed by atoms with van der Waals surface area (Å²) in [4.78, 5) is 25.2. The molecule has 0 bridgehead atoms. The fourth-order valence-corrected chi connectivity index (χ4v) is 3.39. The Morgan fingerprint density at radius 2 is 2.15 bits per heavy atom. The number of nitrogens with one attached hydrogen (secondary N) is 1. The van der Waals surface area contributed by atoms with E-state index < -0.39 is 17.9 Å². The van der Waals surface area contributed by atoms with Gasteiger partial charge in [-0.25, -0.2) is 14.2 Å². The minimum absolute atomic E-state index is 0.140. The molecule has 1 atom stereocenters. The third kappa shape index (κ3) is 2.45. The van der Waals surface area contributed by atoms with Crippen LogP contribution in [-0.2, 0) is 19.1 Å². The van der Waals surface area contributed by atoms with Gasteiger partial charge in [-0.1, -0.05) is 12.1 Å². The zero-order chi connectivity index (χ0) is 18.4. The number of aromatic nitrogens is 2. The summed E-state index contributed by atoms with van der Waals surface area (Å²) in [6.45, 7) is 5.46. The van der Waals surface area contributed by atoms with Gasteiger partial charge in [0.15, 0.2) is 0 Å². The number of carbonyl (C=O) groups excluding carboxylic acids is 2. The van der Waals surface area contributed by atoms with Crippen LogP contribution in [0.5, 0.6) is 0 Å². The van der Waals surface area contributed by atoms with Crippen LogP contribution in [0.25, 0.3) is 11.0 Å². The maximum Gasteiger partial charge on any atom is 0.337 e. The number of carbonyl (C=O) groups is 2. The van der Waals surface area contributed by atoms with Crippen molar-refractivity contribution in [3.63, 3.8) is 0 Å². The minimum Gasteiger partial charge on any atom is -0.460 e. The van der Waals surface area contributed by atoms with Gasteiger partial charge >= 0.3 is 11.9 Å². The highest BCUT2D eigenvalue weighted by Gasteiger charge is 2.43. The minimum atomic E-state index is -0.664. The van der Waals surface area contributed by atoms with E-state index in [-0.39, 0.29) is 12.7 Å². The van der Waals surface area contributed by atoms with E-state index in [0.29, 0.717) is 39.1 Å². The summed E-state index contributed by atoms with van der Waals surface area (Å²) in [6, 6.07) is 5.33. The van der Waals surface area contributed by atoms with Gasteiger partial charge in [0.25, 0.3) is 0 Å². The first kappa shape index (κ1) is 16.3. The monoisotopic (exact) mass is 355 g/mol. The van der Waals surface area contributed by atoms with Crippen LogP contribution in [0.2, 0.25) is 0 Å². The van der Waals surface area contributed by atoms with Crippen molar-refractivity contribution >= 4 is 23.0 Å². The van der Waals surface area contributed by atoms with Crippen molar-refractivity contribution in [2.45, 2.75) is 32.8 Å². The van der Waals surface area contributed by atoms with Gasteiger partial charge in [0.1, 0.15) is 17.6 Å². The van der Waals surface area contributed by atoms with Crippen LogP contribution in [0.4, 0.5) is 0 Å². The van der Waals surface area contributed by atoms with Crippen LogP contribution < -0.4 is 5.32 Å². The third-order valence-corrected chi connectivity index (χ3v) is 4.40. The number of cyclic esters (lactones) is 1. The second-order valence-electron chi connectivity index (χ2n) is 6.50. The lowest BCUT2D eigenvalue weighted by atomic mass is 9.80. The molecule has 8 heteroatoms. The van der Waals surface area contributed by atoms with Gasteiger partial charge < -0.3 is 14.8 Å². The Kier molecular flexibility index (Phi) is 3.75. The molecule has 3 heterocycles. The first-order valence-corrected chi connectivity index (χ1v) is 8.27. The summed E-state index contributed by atoms with van der Waals surface area (Å²) >= 11 is 0. The molecule has 0 spiro atoms. The molecule has 0 fully saturated rings. The average molecular weight is 355 g/mol. The summed E-state index contributed by atoms with van der Waals surface area (Å²) in [5.41, 5.74) is 3.69. The molecular weight excluding hydrogens is 338 g/mol. The molecule has 2 aromatic rings. The molecule has 0 radical (unpaired) electrons. The zero-order valence-corrected chi connectivity index (χ0v) is 14.5. The van der Waals surface area contributed by atoms with E-state index in [1.54, 1.807) is 39.0 Å². The fourth-order valence-electron chi connectivity index (χ4n) is 3.39. The summed E-state index contributed by atoms with van der Waals surface area (Å²) in [5.74, 6) is -1.62. The molecule has 0 saturated heterocycles. The van der Waals surface area contributed by atoms with Crippen LogP contribution in [0.15, 0.2) is 45.4 Å². The van der Waals surface area contributed by atoms with E-state index >= 15 is 0 Å². The van der Waals surface area contributed by atoms with Crippen molar-refractivity contribution in [1.29, 1.82) is 0 Å². The zero-order valence-electron chi connectivity index (χ0n) is 14.5. The Bertz CT molecular complexity index is 986. The molecule has 0 aliphatic carbocycles. The molecule has 0 amide bonds. The number of esters is 2. The average Bonchev–Trinajstić information content (AvgIpc) is 3.19. The topological polar surface area (TPSA) is 104 Å². The lowest BCUT2D eigenvalue weighted by Crippen LogP contribution is -2.31. The number of rotatable bonds is 3. The first-order chi connectivity index (χ1) is 12.5. The Labute approximate surface area is 148 Å². The second-order valence-corrected chi connectivity index (χ2v) is 6.50. The van der Waals surface area contributed by atoms with E-state index in [9.17, 15) is 9.59 Å². The number of fused-ring (bicyclic) bond motifs is 1. The highest BCUT2D eigenvalue weighted by atomic mass is 16.6. The number of benzene rings is 1. The normalized spacial score (nSPS) is 19.7. The van der Waals surface area contributed by atoms with Crippen molar-refractivity contribution in [2.24, 2.45) is 0 Å². The maximum absolute atomic E-state index is 12.8. The van der Waals surface area contributed by atoms with Crippen LogP contribution in [-0.4, -0.2) is 35.0 Å². The fraction of sp³-hybridized carbons (Fsp3) is 0.333. The van der Waals surface area contributed by atoms with E-state index in [2.05, 4.69) is 15.6 Å².